The van der Waals surface area contributed by atoms with Crippen molar-refractivity contribution in [1.82, 2.24) is 0 Å². The maximum atomic E-state index is 12.0. The Morgan fingerprint density at radius 2 is 1.64 bits per heavy atom. The van der Waals surface area contributed by atoms with E-state index in [0.717, 1.165) is 16.7 Å². The van der Waals surface area contributed by atoms with E-state index >= 15 is 0 Å². The first-order valence-electron chi connectivity index (χ1n) is 7.04. The van der Waals surface area contributed by atoms with E-state index in [1.54, 1.807) is 0 Å². The summed E-state index contributed by atoms with van der Waals surface area (Å²) in [4.78, 5) is 16.3. The van der Waals surface area contributed by atoms with Crippen molar-refractivity contribution in [1.29, 1.82) is 0 Å². The molecule has 1 heterocycles. The highest BCUT2D eigenvalue weighted by Gasteiger charge is 2.25. The summed E-state index contributed by atoms with van der Waals surface area (Å²) in [6.07, 6.45) is 3.83. The lowest BCUT2D eigenvalue weighted by atomic mass is 10.1. The number of esters is 1. The van der Waals surface area contributed by atoms with Gasteiger partial charge in [-0.25, -0.2) is 9.79 Å². The zero-order valence-corrected chi connectivity index (χ0v) is 12.2. The topological polar surface area (TPSA) is 38.7 Å². The third-order valence-electron chi connectivity index (χ3n) is 3.32. The van der Waals surface area contributed by atoms with Crippen LogP contribution < -0.4 is 0 Å². The average molecular weight is 289 g/mol. The second-order valence-electron chi connectivity index (χ2n) is 4.95. The molecule has 0 bridgehead atoms. The molecule has 3 heteroatoms. The lowest BCUT2D eigenvalue weighted by Gasteiger charge is -1.97. The number of ether oxygens (including phenoxy) is 1. The smallest absolute Gasteiger partial charge is 0.364 e. The van der Waals surface area contributed by atoms with Gasteiger partial charge < -0.3 is 4.74 Å². The summed E-state index contributed by atoms with van der Waals surface area (Å²) < 4.78 is 5.25. The lowest BCUT2D eigenvalue weighted by molar-refractivity contribution is -0.130. The molecule has 0 spiro atoms. The number of cyclic esters (lactones) is 1. The Hall–Kier alpha value is -2.94. The molecule has 0 saturated heterocycles. The van der Waals surface area contributed by atoms with Crippen molar-refractivity contribution in [2.75, 3.05) is 0 Å². The normalized spacial score (nSPS) is 16.6. The highest BCUT2D eigenvalue weighted by atomic mass is 16.6. The van der Waals surface area contributed by atoms with E-state index in [0.29, 0.717) is 11.6 Å². The Labute approximate surface area is 129 Å². The molecular weight excluding hydrogens is 274 g/mol. The van der Waals surface area contributed by atoms with E-state index in [9.17, 15) is 4.79 Å². The van der Waals surface area contributed by atoms with Crippen LogP contribution in [0.5, 0.6) is 0 Å². The Bertz CT molecular complexity index is 772. The molecule has 2 aromatic carbocycles. The fraction of sp³-hybridized carbons (Fsp3) is 0.0526. The minimum atomic E-state index is -0.408. The standard InChI is InChI=1S/C19H15NO2/c1-14(12-13-15-8-4-2-5-9-15)17-19(21)22-18(20-17)16-10-6-3-7-11-16/h2-13H,1H3/b13-12+,17-14+. The number of rotatable bonds is 3. The van der Waals surface area contributed by atoms with Crippen LogP contribution >= 0.6 is 0 Å². The van der Waals surface area contributed by atoms with Gasteiger partial charge in [0.25, 0.3) is 0 Å². The Kier molecular flexibility index (Phi) is 3.97. The van der Waals surface area contributed by atoms with Gasteiger partial charge in [0.05, 0.1) is 0 Å². The molecule has 3 nitrogen and oxygen atoms in total. The summed E-state index contributed by atoms with van der Waals surface area (Å²) >= 11 is 0. The van der Waals surface area contributed by atoms with Gasteiger partial charge in [0, 0.05) is 5.56 Å². The zero-order chi connectivity index (χ0) is 15.4. The highest BCUT2D eigenvalue weighted by molar-refractivity contribution is 6.11. The van der Waals surface area contributed by atoms with Crippen LogP contribution in [0.4, 0.5) is 0 Å². The monoisotopic (exact) mass is 289 g/mol. The van der Waals surface area contributed by atoms with Gasteiger partial charge >= 0.3 is 5.97 Å². The van der Waals surface area contributed by atoms with Crippen LogP contribution in [0.15, 0.2) is 83.0 Å². The molecule has 22 heavy (non-hydrogen) atoms. The van der Waals surface area contributed by atoms with Gasteiger partial charge in [-0.15, -0.1) is 0 Å². The predicted octanol–water partition coefficient (Wildman–Crippen LogP) is 3.98. The van der Waals surface area contributed by atoms with Crippen LogP contribution in [0.1, 0.15) is 18.1 Å². The highest BCUT2D eigenvalue weighted by Crippen LogP contribution is 2.20. The number of allylic oxidation sites excluding steroid dienone is 2. The van der Waals surface area contributed by atoms with E-state index in [2.05, 4.69) is 4.99 Å². The maximum Gasteiger partial charge on any atom is 0.364 e. The predicted molar refractivity (Wildman–Crippen MR) is 87.2 cm³/mol. The lowest BCUT2D eigenvalue weighted by Crippen LogP contribution is -2.05. The van der Waals surface area contributed by atoms with Gasteiger partial charge in [0.15, 0.2) is 5.70 Å². The molecule has 3 rings (SSSR count). The number of nitrogens with zero attached hydrogens (tertiary/aromatic N) is 1. The van der Waals surface area contributed by atoms with Crippen molar-refractivity contribution in [2.45, 2.75) is 6.92 Å². The fourth-order valence-electron chi connectivity index (χ4n) is 2.12. The number of hydrogen-bond acceptors (Lipinski definition) is 3. The molecule has 0 saturated carbocycles. The summed E-state index contributed by atoms with van der Waals surface area (Å²) in [5.41, 5.74) is 3.00. The van der Waals surface area contributed by atoms with Crippen LogP contribution in [0, 0.1) is 0 Å². The molecule has 0 radical (unpaired) electrons. The van der Waals surface area contributed by atoms with Gasteiger partial charge in [-0.1, -0.05) is 60.7 Å². The number of carbonyl (C=O) groups excluding carboxylic acids is 1. The first-order valence-corrected chi connectivity index (χ1v) is 7.04. The molecule has 0 unspecified atom stereocenters. The summed E-state index contributed by atoms with van der Waals surface area (Å²) in [5, 5.41) is 0. The number of aliphatic imine (C=N–C) groups is 1. The summed E-state index contributed by atoms with van der Waals surface area (Å²) in [5.74, 6) is -0.0536. The maximum absolute atomic E-state index is 12.0. The van der Waals surface area contributed by atoms with Crippen LogP contribution in [-0.4, -0.2) is 11.9 Å². The second-order valence-corrected chi connectivity index (χ2v) is 4.95. The largest absolute Gasteiger partial charge is 0.402 e. The molecule has 1 aliphatic heterocycles. The molecule has 0 aliphatic carbocycles. The van der Waals surface area contributed by atoms with Gasteiger partial charge in [0.2, 0.25) is 5.90 Å². The van der Waals surface area contributed by atoms with Crippen molar-refractivity contribution in [3.05, 3.63) is 89.1 Å². The molecule has 1 aliphatic rings. The van der Waals surface area contributed by atoms with Gasteiger partial charge in [-0.05, 0) is 30.2 Å². The summed E-state index contributed by atoms with van der Waals surface area (Å²) in [7, 11) is 0. The van der Waals surface area contributed by atoms with Crippen molar-refractivity contribution in [3.63, 3.8) is 0 Å². The molecule has 2 aromatic rings. The minimum absolute atomic E-state index is 0.353. The van der Waals surface area contributed by atoms with Crippen LogP contribution in [0.25, 0.3) is 6.08 Å². The molecule has 0 atom stereocenters. The van der Waals surface area contributed by atoms with Gasteiger partial charge in [0.1, 0.15) is 0 Å². The van der Waals surface area contributed by atoms with E-state index in [1.807, 2.05) is 79.7 Å². The van der Waals surface area contributed by atoms with Gasteiger partial charge in [-0.3, -0.25) is 0 Å². The van der Waals surface area contributed by atoms with Crippen molar-refractivity contribution < 1.29 is 9.53 Å². The molecule has 108 valence electrons. The number of benzene rings is 2. The van der Waals surface area contributed by atoms with E-state index in [-0.39, 0.29) is 0 Å². The first-order chi connectivity index (χ1) is 10.7. The third-order valence-corrected chi connectivity index (χ3v) is 3.32. The Morgan fingerprint density at radius 1 is 1.00 bits per heavy atom. The molecule has 0 N–H and O–H groups in total. The van der Waals surface area contributed by atoms with Gasteiger partial charge in [-0.2, -0.15) is 0 Å². The quantitative estimate of drug-likeness (QED) is 0.633. The molecular formula is C19H15NO2. The summed E-state index contributed by atoms with van der Waals surface area (Å²) in [6, 6.07) is 19.3. The van der Waals surface area contributed by atoms with E-state index < -0.39 is 5.97 Å². The molecule has 0 aromatic heterocycles. The van der Waals surface area contributed by atoms with Crippen molar-refractivity contribution in [2.24, 2.45) is 4.99 Å². The minimum Gasteiger partial charge on any atom is -0.402 e. The third kappa shape index (κ3) is 3.04. The van der Waals surface area contributed by atoms with E-state index in [1.165, 1.54) is 0 Å². The zero-order valence-electron chi connectivity index (χ0n) is 12.2. The SMILES string of the molecule is CC(/C=C/c1ccccc1)=C1\N=C(c2ccccc2)OC1=O. The van der Waals surface area contributed by atoms with Crippen LogP contribution in [0.2, 0.25) is 0 Å². The number of hydrogen-bond donors (Lipinski definition) is 0. The fourth-order valence-corrected chi connectivity index (χ4v) is 2.12. The molecule has 0 amide bonds. The van der Waals surface area contributed by atoms with Crippen LogP contribution in [-0.2, 0) is 9.53 Å². The summed E-state index contributed by atoms with van der Waals surface area (Å²) in [6.45, 7) is 1.85. The second kappa shape index (κ2) is 6.22. The van der Waals surface area contributed by atoms with Crippen molar-refractivity contribution in [3.8, 4) is 0 Å². The average Bonchev–Trinajstić information content (AvgIpc) is 2.96. The Balaban J connectivity index is 1.88. The van der Waals surface area contributed by atoms with Crippen LogP contribution in [0.3, 0.4) is 0 Å². The molecule has 0 fully saturated rings. The first kappa shape index (κ1) is 14.0. The van der Waals surface area contributed by atoms with Crippen molar-refractivity contribution >= 4 is 17.9 Å². The Morgan fingerprint density at radius 3 is 2.32 bits per heavy atom. The van der Waals surface area contributed by atoms with E-state index in [4.69, 9.17) is 4.74 Å². The number of carbonyl (C=O) groups is 1.